The number of halogens is 2. The summed E-state index contributed by atoms with van der Waals surface area (Å²) in [5, 5.41) is 0. The fraction of sp³-hybridized carbons (Fsp3) is 0.357. The van der Waals surface area contributed by atoms with Crippen molar-refractivity contribution in [2.24, 2.45) is 0 Å². The van der Waals surface area contributed by atoms with Crippen molar-refractivity contribution in [3.05, 3.63) is 76.9 Å². The molecule has 0 unspecified atom stereocenters. The molecule has 0 aliphatic carbocycles. The van der Waals surface area contributed by atoms with Crippen LogP contribution in [0.1, 0.15) is 69.1 Å². The van der Waals surface area contributed by atoms with Gasteiger partial charge in [-0.2, -0.15) is 8.78 Å². The van der Waals surface area contributed by atoms with Gasteiger partial charge in [-0.15, -0.1) is 0 Å². The van der Waals surface area contributed by atoms with E-state index in [1.54, 1.807) is 24.3 Å². The molecule has 0 aromatic heterocycles. The van der Waals surface area contributed by atoms with Crippen LogP contribution in [0.4, 0.5) is 8.78 Å². The number of hydrogen-bond donors (Lipinski definition) is 0. The lowest BCUT2D eigenvalue weighted by molar-refractivity contribution is 0.305. The van der Waals surface area contributed by atoms with Crippen LogP contribution < -0.4 is 4.74 Å². The van der Waals surface area contributed by atoms with Gasteiger partial charge in [0.15, 0.2) is 0 Å². The molecule has 31 heavy (non-hydrogen) atoms. The minimum absolute atomic E-state index is 0.580. The molecule has 2 aromatic rings. The standard InChI is InChI=1S/C28H30F2O/c1-3-5-7-8-22-31-26-18-14-25(15-19-26)17-21-28(30)27(29)20-16-24-12-10-23(11-13-24)9-6-4-2/h10-15,18-19H,3-9,22H2,1-2H3/b28-27+. The Hall–Kier alpha value is -3.04. The van der Waals surface area contributed by atoms with E-state index < -0.39 is 11.7 Å². The van der Waals surface area contributed by atoms with E-state index >= 15 is 0 Å². The first kappa shape index (κ1) is 24.2. The first-order valence-electron chi connectivity index (χ1n) is 11.0. The van der Waals surface area contributed by atoms with Crippen LogP contribution >= 0.6 is 0 Å². The Bertz CT molecular complexity index is 949. The molecule has 3 heteroatoms. The molecule has 0 saturated heterocycles. The van der Waals surface area contributed by atoms with Crippen molar-refractivity contribution < 1.29 is 13.5 Å². The number of rotatable bonds is 9. The van der Waals surface area contributed by atoms with Crippen LogP contribution in [0.2, 0.25) is 0 Å². The van der Waals surface area contributed by atoms with Gasteiger partial charge in [-0.3, -0.25) is 0 Å². The quantitative estimate of drug-likeness (QED) is 0.301. The summed E-state index contributed by atoms with van der Waals surface area (Å²) in [6.07, 6.45) is 7.85. The van der Waals surface area contributed by atoms with Gasteiger partial charge >= 0.3 is 0 Å². The summed E-state index contributed by atoms with van der Waals surface area (Å²) in [5.74, 6) is 8.09. The molecule has 0 heterocycles. The maximum Gasteiger partial charge on any atom is 0.217 e. The number of benzene rings is 2. The molecule has 0 atom stereocenters. The zero-order valence-corrected chi connectivity index (χ0v) is 18.4. The normalized spacial score (nSPS) is 11.0. The van der Waals surface area contributed by atoms with Crippen LogP contribution in [0.25, 0.3) is 0 Å². The minimum atomic E-state index is -1.16. The maximum absolute atomic E-state index is 13.9. The molecule has 0 N–H and O–H groups in total. The highest BCUT2D eigenvalue weighted by molar-refractivity contribution is 5.46. The summed E-state index contributed by atoms with van der Waals surface area (Å²) < 4.78 is 33.5. The Balaban J connectivity index is 1.92. The molecule has 2 rings (SSSR count). The van der Waals surface area contributed by atoms with Gasteiger partial charge in [-0.05, 0) is 73.1 Å². The van der Waals surface area contributed by atoms with E-state index in [-0.39, 0.29) is 0 Å². The lowest BCUT2D eigenvalue weighted by Gasteiger charge is -2.05. The molecule has 0 aliphatic heterocycles. The van der Waals surface area contributed by atoms with Crippen molar-refractivity contribution in [2.45, 2.75) is 58.8 Å². The number of ether oxygens (including phenoxy) is 1. The van der Waals surface area contributed by atoms with Gasteiger partial charge in [0.1, 0.15) is 5.75 Å². The van der Waals surface area contributed by atoms with Gasteiger partial charge in [0, 0.05) is 11.1 Å². The fourth-order valence-corrected chi connectivity index (χ4v) is 2.85. The van der Waals surface area contributed by atoms with Crippen LogP contribution in [0.3, 0.4) is 0 Å². The van der Waals surface area contributed by atoms with E-state index in [0.717, 1.165) is 37.9 Å². The zero-order chi connectivity index (χ0) is 22.3. The third-order valence-corrected chi connectivity index (χ3v) is 4.72. The summed E-state index contributed by atoms with van der Waals surface area (Å²) in [6, 6.07) is 14.6. The Labute approximate surface area is 185 Å². The first-order chi connectivity index (χ1) is 15.1. The average Bonchev–Trinajstić information content (AvgIpc) is 2.81. The smallest absolute Gasteiger partial charge is 0.217 e. The predicted molar refractivity (Wildman–Crippen MR) is 124 cm³/mol. The molecule has 2 aromatic carbocycles. The molecule has 0 saturated carbocycles. The number of aryl methyl sites for hydroxylation is 1. The largest absolute Gasteiger partial charge is 0.494 e. The maximum atomic E-state index is 13.9. The van der Waals surface area contributed by atoms with Gasteiger partial charge in [0.05, 0.1) is 6.61 Å². The van der Waals surface area contributed by atoms with Crippen molar-refractivity contribution >= 4 is 0 Å². The number of unbranched alkanes of at least 4 members (excludes halogenated alkanes) is 4. The SMILES string of the molecule is CCCCCCOc1ccc(C#C/C(F)=C(\F)C#Cc2ccc(CCCC)cc2)cc1. The second kappa shape index (κ2) is 14.1. The van der Waals surface area contributed by atoms with Gasteiger partial charge in [-0.25, -0.2) is 0 Å². The fourth-order valence-electron chi connectivity index (χ4n) is 2.85. The van der Waals surface area contributed by atoms with E-state index in [4.69, 9.17) is 4.74 Å². The molecule has 0 bridgehead atoms. The van der Waals surface area contributed by atoms with Crippen molar-refractivity contribution in [3.8, 4) is 29.4 Å². The van der Waals surface area contributed by atoms with Crippen molar-refractivity contribution in [3.63, 3.8) is 0 Å². The lowest BCUT2D eigenvalue weighted by Crippen LogP contribution is -1.96. The number of hydrogen-bond acceptors (Lipinski definition) is 1. The van der Waals surface area contributed by atoms with Gasteiger partial charge in [-0.1, -0.05) is 63.5 Å². The van der Waals surface area contributed by atoms with E-state index in [9.17, 15) is 8.78 Å². The monoisotopic (exact) mass is 420 g/mol. The van der Waals surface area contributed by atoms with Crippen LogP contribution in [0.5, 0.6) is 5.75 Å². The Morgan fingerprint density at radius 1 is 0.710 bits per heavy atom. The van der Waals surface area contributed by atoms with Crippen LogP contribution in [0.15, 0.2) is 60.2 Å². The molecule has 0 aliphatic rings. The second-order valence-corrected chi connectivity index (χ2v) is 7.36. The van der Waals surface area contributed by atoms with Gasteiger partial charge in [0.2, 0.25) is 11.7 Å². The van der Waals surface area contributed by atoms with Crippen LogP contribution in [-0.4, -0.2) is 6.61 Å². The second-order valence-electron chi connectivity index (χ2n) is 7.36. The predicted octanol–water partition coefficient (Wildman–Crippen LogP) is 7.54. The van der Waals surface area contributed by atoms with E-state index in [1.807, 2.05) is 24.3 Å². The Kier molecular flexibility index (Phi) is 11.0. The topological polar surface area (TPSA) is 9.23 Å². The Morgan fingerprint density at radius 3 is 1.81 bits per heavy atom. The molecule has 0 fully saturated rings. The summed E-state index contributed by atoms with van der Waals surface area (Å²) in [7, 11) is 0. The molecular formula is C28H30F2O. The van der Waals surface area contributed by atoms with Crippen LogP contribution in [-0.2, 0) is 6.42 Å². The van der Waals surface area contributed by atoms with Crippen LogP contribution in [0, 0.1) is 23.7 Å². The summed E-state index contributed by atoms with van der Waals surface area (Å²) in [6.45, 7) is 4.99. The highest BCUT2D eigenvalue weighted by Gasteiger charge is 2.00. The summed E-state index contributed by atoms with van der Waals surface area (Å²) in [4.78, 5) is 0. The van der Waals surface area contributed by atoms with E-state index in [1.165, 1.54) is 18.4 Å². The molecular weight excluding hydrogens is 390 g/mol. The van der Waals surface area contributed by atoms with Gasteiger partial charge in [0.25, 0.3) is 0 Å². The minimum Gasteiger partial charge on any atom is -0.494 e. The van der Waals surface area contributed by atoms with E-state index in [2.05, 4.69) is 37.5 Å². The molecule has 1 nitrogen and oxygen atoms in total. The van der Waals surface area contributed by atoms with E-state index in [0.29, 0.717) is 17.7 Å². The molecule has 162 valence electrons. The third kappa shape index (κ3) is 9.54. The average molecular weight is 421 g/mol. The summed E-state index contributed by atoms with van der Waals surface area (Å²) >= 11 is 0. The highest BCUT2D eigenvalue weighted by Crippen LogP contribution is 2.13. The first-order valence-corrected chi connectivity index (χ1v) is 11.0. The van der Waals surface area contributed by atoms with Crippen molar-refractivity contribution in [2.75, 3.05) is 6.61 Å². The van der Waals surface area contributed by atoms with Crippen molar-refractivity contribution in [1.29, 1.82) is 0 Å². The van der Waals surface area contributed by atoms with Gasteiger partial charge < -0.3 is 4.74 Å². The molecule has 0 spiro atoms. The molecule has 0 radical (unpaired) electrons. The Morgan fingerprint density at radius 2 is 1.26 bits per heavy atom. The highest BCUT2D eigenvalue weighted by atomic mass is 19.2. The molecule has 0 amide bonds. The lowest BCUT2D eigenvalue weighted by atomic mass is 10.1. The van der Waals surface area contributed by atoms with Crippen molar-refractivity contribution in [1.82, 2.24) is 0 Å². The summed E-state index contributed by atoms with van der Waals surface area (Å²) in [5.41, 5.74) is 2.44. The third-order valence-electron chi connectivity index (χ3n) is 4.72. The zero-order valence-electron chi connectivity index (χ0n) is 18.4. The number of allylic oxidation sites excluding steroid dienone is 2.